The van der Waals surface area contributed by atoms with Crippen LogP contribution >= 0.6 is 0 Å². The Balaban J connectivity index is 2.91. The number of carboxylic acids is 1. The van der Waals surface area contributed by atoms with E-state index in [0.29, 0.717) is 6.42 Å². The SMILES string of the molecule is CCCC(OCc1ccccc1)(C(=O)O)C(=O)OCC. The van der Waals surface area contributed by atoms with Crippen LogP contribution in [0.1, 0.15) is 32.3 Å². The summed E-state index contributed by atoms with van der Waals surface area (Å²) in [6.45, 7) is 3.59. The van der Waals surface area contributed by atoms with Crippen molar-refractivity contribution in [1.29, 1.82) is 0 Å². The molecule has 0 saturated carbocycles. The maximum Gasteiger partial charge on any atom is 0.350 e. The van der Waals surface area contributed by atoms with Crippen LogP contribution in [0.15, 0.2) is 30.3 Å². The van der Waals surface area contributed by atoms with Crippen molar-refractivity contribution in [1.82, 2.24) is 0 Å². The third-order valence-electron chi connectivity index (χ3n) is 2.88. The van der Waals surface area contributed by atoms with Crippen molar-refractivity contribution < 1.29 is 24.2 Å². The fraction of sp³-hybridized carbons (Fsp3) is 0.467. The molecule has 0 bridgehead atoms. The molecule has 0 spiro atoms. The minimum absolute atomic E-state index is 0.0476. The van der Waals surface area contributed by atoms with Gasteiger partial charge >= 0.3 is 11.9 Å². The minimum atomic E-state index is -1.93. The maximum absolute atomic E-state index is 12.0. The molecule has 0 fully saturated rings. The predicted molar refractivity (Wildman–Crippen MR) is 73.1 cm³/mol. The number of hydrogen-bond acceptors (Lipinski definition) is 4. The largest absolute Gasteiger partial charge is 0.479 e. The average Bonchev–Trinajstić information content (AvgIpc) is 2.44. The van der Waals surface area contributed by atoms with Gasteiger partial charge in [-0.15, -0.1) is 0 Å². The van der Waals surface area contributed by atoms with E-state index in [0.717, 1.165) is 5.56 Å². The molecule has 0 heterocycles. The van der Waals surface area contributed by atoms with Crippen LogP contribution in [0.2, 0.25) is 0 Å². The van der Waals surface area contributed by atoms with E-state index in [2.05, 4.69) is 0 Å². The van der Waals surface area contributed by atoms with Crippen molar-refractivity contribution in [2.45, 2.75) is 38.9 Å². The molecule has 0 aliphatic heterocycles. The van der Waals surface area contributed by atoms with Crippen LogP contribution in [0.5, 0.6) is 0 Å². The lowest BCUT2D eigenvalue weighted by molar-refractivity contribution is -0.190. The van der Waals surface area contributed by atoms with E-state index in [1.54, 1.807) is 13.8 Å². The Morgan fingerprint density at radius 1 is 1.20 bits per heavy atom. The molecule has 1 aromatic rings. The van der Waals surface area contributed by atoms with E-state index in [1.807, 2.05) is 30.3 Å². The van der Waals surface area contributed by atoms with E-state index >= 15 is 0 Å². The summed E-state index contributed by atoms with van der Waals surface area (Å²) in [6.07, 6.45) is 0.577. The summed E-state index contributed by atoms with van der Waals surface area (Å²) in [5.74, 6) is -2.15. The fourth-order valence-electron chi connectivity index (χ4n) is 1.87. The zero-order chi connectivity index (χ0) is 15.0. The zero-order valence-electron chi connectivity index (χ0n) is 11.8. The monoisotopic (exact) mass is 280 g/mol. The Labute approximate surface area is 118 Å². The van der Waals surface area contributed by atoms with E-state index in [9.17, 15) is 14.7 Å². The second-order valence-corrected chi connectivity index (χ2v) is 4.38. The van der Waals surface area contributed by atoms with E-state index in [1.165, 1.54) is 0 Å². The first-order valence-corrected chi connectivity index (χ1v) is 6.65. The lowest BCUT2D eigenvalue weighted by Crippen LogP contribution is -2.50. The number of hydrogen-bond donors (Lipinski definition) is 1. The molecule has 20 heavy (non-hydrogen) atoms. The Kier molecular flexibility index (Phi) is 6.18. The van der Waals surface area contributed by atoms with Gasteiger partial charge in [0.2, 0.25) is 0 Å². The zero-order valence-corrected chi connectivity index (χ0v) is 11.8. The van der Waals surface area contributed by atoms with Gasteiger partial charge in [-0.1, -0.05) is 43.7 Å². The van der Waals surface area contributed by atoms with Crippen LogP contribution in [0, 0.1) is 0 Å². The molecule has 110 valence electrons. The van der Waals surface area contributed by atoms with Crippen molar-refractivity contribution >= 4 is 11.9 Å². The molecule has 1 unspecified atom stereocenters. The molecular weight excluding hydrogens is 260 g/mol. The predicted octanol–water partition coefficient (Wildman–Crippen LogP) is 2.39. The summed E-state index contributed by atoms with van der Waals surface area (Å²) in [4.78, 5) is 23.5. The van der Waals surface area contributed by atoms with Gasteiger partial charge in [-0.2, -0.15) is 0 Å². The molecule has 0 saturated heterocycles. The highest BCUT2D eigenvalue weighted by molar-refractivity contribution is 6.02. The number of aliphatic carboxylic acids is 1. The molecule has 5 heteroatoms. The second-order valence-electron chi connectivity index (χ2n) is 4.38. The van der Waals surface area contributed by atoms with Crippen LogP contribution in [0.3, 0.4) is 0 Å². The fourth-order valence-corrected chi connectivity index (χ4v) is 1.87. The standard InChI is InChI=1S/C15H20O5/c1-3-10-15(13(16)17,14(18)19-4-2)20-11-12-8-6-5-7-9-12/h5-9H,3-4,10-11H2,1-2H3,(H,16,17). The second kappa shape index (κ2) is 7.65. The number of carbonyl (C=O) groups excluding carboxylic acids is 1. The quantitative estimate of drug-likeness (QED) is 0.584. The smallest absolute Gasteiger partial charge is 0.350 e. The molecule has 1 rings (SSSR count). The Morgan fingerprint density at radius 2 is 1.85 bits per heavy atom. The number of benzene rings is 1. The molecule has 5 nitrogen and oxygen atoms in total. The van der Waals surface area contributed by atoms with Crippen molar-refractivity contribution in [3.05, 3.63) is 35.9 Å². The van der Waals surface area contributed by atoms with Crippen molar-refractivity contribution in [3.63, 3.8) is 0 Å². The molecule has 1 atom stereocenters. The van der Waals surface area contributed by atoms with Gasteiger partial charge in [0.25, 0.3) is 5.60 Å². The Bertz CT molecular complexity index is 443. The van der Waals surface area contributed by atoms with Gasteiger partial charge in [0.1, 0.15) is 0 Å². The van der Waals surface area contributed by atoms with Gasteiger partial charge in [-0.25, -0.2) is 9.59 Å². The first-order valence-electron chi connectivity index (χ1n) is 6.65. The molecule has 0 aliphatic carbocycles. The van der Waals surface area contributed by atoms with Gasteiger partial charge < -0.3 is 14.6 Å². The third-order valence-corrected chi connectivity index (χ3v) is 2.88. The van der Waals surface area contributed by atoms with Crippen LogP contribution in [0.25, 0.3) is 0 Å². The van der Waals surface area contributed by atoms with Gasteiger partial charge in [0.05, 0.1) is 13.2 Å². The van der Waals surface area contributed by atoms with Crippen LogP contribution in [-0.4, -0.2) is 29.3 Å². The molecule has 0 aliphatic rings. The summed E-state index contributed by atoms with van der Waals surface area (Å²) >= 11 is 0. The first-order chi connectivity index (χ1) is 9.56. The highest BCUT2D eigenvalue weighted by Crippen LogP contribution is 2.23. The third kappa shape index (κ3) is 3.81. The van der Waals surface area contributed by atoms with Crippen molar-refractivity contribution in [2.24, 2.45) is 0 Å². The summed E-state index contributed by atoms with van der Waals surface area (Å²) in [7, 11) is 0. The Morgan fingerprint density at radius 3 is 2.35 bits per heavy atom. The number of ether oxygens (including phenoxy) is 2. The number of carbonyl (C=O) groups is 2. The minimum Gasteiger partial charge on any atom is -0.479 e. The lowest BCUT2D eigenvalue weighted by atomic mass is 9.98. The summed E-state index contributed by atoms with van der Waals surface area (Å²) < 4.78 is 10.3. The highest BCUT2D eigenvalue weighted by atomic mass is 16.6. The van der Waals surface area contributed by atoms with Gasteiger partial charge in [-0.05, 0) is 18.9 Å². The highest BCUT2D eigenvalue weighted by Gasteiger charge is 2.48. The first kappa shape index (κ1) is 16.2. The van der Waals surface area contributed by atoms with Gasteiger partial charge in [-0.3, -0.25) is 0 Å². The maximum atomic E-state index is 12.0. The van der Waals surface area contributed by atoms with Gasteiger partial charge in [0.15, 0.2) is 0 Å². The van der Waals surface area contributed by atoms with Crippen molar-refractivity contribution in [2.75, 3.05) is 6.61 Å². The molecule has 0 aromatic heterocycles. The van der Waals surface area contributed by atoms with E-state index in [-0.39, 0.29) is 19.6 Å². The topological polar surface area (TPSA) is 72.8 Å². The number of esters is 1. The van der Waals surface area contributed by atoms with Gasteiger partial charge in [0, 0.05) is 0 Å². The van der Waals surface area contributed by atoms with Crippen LogP contribution in [-0.2, 0) is 25.7 Å². The normalized spacial score (nSPS) is 13.5. The molecule has 1 aromatic carbocycles. The number of carboxylic acid groups (broad SMARTS) is 1. The van der Waals surface area contributed by atoms with Crippen LogP contribution < -0.4 is 0 Å². The average molecular weight is 280 g/mol. The molecule has 0 amide bonds. The molecule has 1 N–H and O–H groups in total. The van der Waals surface area contributed by atoms with Crippen LogP contribution in [0.4, 0.5) is 0 Å². The molecule has 0 radical (unpaired) electrons. The number of rotatable bonds is 8. The van der Waals surface area contributed by atoms with E-state index < -0.39 is 17.5 Å². The summed E-state index contributed by atoms with van der Waals surface area (Å²) in [5, 5.41) is 9.40. The van der Waals surface area contributed by atoms with Crippen molar-refractivity contribution in [3.8, 4) is 0 Å². The molecular formula is C15H20O5. The summed E-state index contributed by atoms with van der Waals surface area (Å²) in [6, 6.07) is 9.12. The Hall–Kier alpha value is -1.88. The summed E-state index contributed by atoms with van der Waals surface area (Å²) in [5.41, 5.74) is -1.13. The van der Waals surface area contributed by atoms with E-state index in [4.69, 9.17) is 9.47 Å². The lowest BCUT2D eigenvalue weighted by Gasteiger charge is -2.27.